The number of carbonyl (C=O) groups excluding carboxylic acids is 1. The van der Waals surface area contributed by atoms with Gasteiger partial charge in [0, 0.05) is 18.8 Å². The highest BCUT2D eigenvalue weighted by atomic mass is 16.5. The molecule has 0 radical (unpaired) electrons. The van der Waals surface area contributed by atoms with Crippen molar-refractivity contribution in [2.75, 3.05) is 25.9 Å². The van der Waals surface area contributed by atoms with E-state index in [1.54, 1.807) is 0 Å². The number of nitrogen functional groups attached to an aromatic ring is 1. The Bertz CT molecular complexity index is 363. The third-order valence-corrected chi connectivity index (χ3v) is 2.79. The van der Waals surface area contributed by atoms with Crippen molar-refractivity contribution in [2.45, 2.75) is 26.3 Å². The largest absolute Gasteiger partial charge is 0.469 e. The lowest BCUT2D eigenvalue weighted by Crippen LogP contribution is -2.27. The fourth-order valence-corrected chi connectivity index (χ4v) is 1.82. The average molecular weight is 250 g/mol. The maximum absolute atomic E-state index is 11.2. The van der Waals surface area contributed by atoms with Gasteiger partial charge in [0.1, 0.15) is 0 Å². The summed E-state index contributed by atoms with van der Waals surface area (Å²) in [5.74, 6) is -0.159. The zero-order valence-electron chi connectivity index (χ0n) is 11.2. The van der Waals surface area contributed by atoms with Crippen LogP contribution in [0, 0.1) is 0 Å². The molecule has 0 fully saturated rings. The number of methoxy groups -OCH3 is 1. The van der Waals surface area contributed by atoms with E-state index in [-0.39, 0.29) is 5.97 Å². The molecule has 0 unspecified atom stereocenters. The zero-order valence-corrected chi connectivity index (χ0v) is 11.2. The van der Waals surface area contributed by atoms with Gasteiger partial charge >= 0.3 is 5.97 Å². The molecule has 100 valence electrons. The van der Waals surface area contributed by atoms with Gasteiger partial charge in [0.05, 0.1) is 13.5 Å². The van der Waals surface area contributed by atoms with Gasteiger partial charge in [0.2, 0.25) is 0 Å². The van der Waals surface area contributed by atoms with Crippen molar-refractivity contribution in [3.05, 3.63) is 29.8 Å². The standard InChI is InChI=1S/C14H22N2O2/c1-3-9-16(10-8-14(17)18-2)11-12-4-6-13(15)7-5-12/h4-7H,3,8-11,15H2,1-2H3. The number of carbonyl (C=O) groups is 1. The van der Waals surface area contributed by atoms with Gasteiger partial charge in [-0.2, -0.15) is 0 Å². The molecular formula is C14H22N2O2. The molecule has 4 heteroatoms. The summed E-state index contributed by atoms with van der Waals surface area (Å²) < 4.78 is 4.66. The van der Waals surface area contributed by atoms with Gasteiger partial charge in [-0.25, -0.2) is 0 Å². The van der Waals surface area contributed by atoms with E-state index in [0.717, 1.165) is 31.7 Å². The predicted molar refractivity (Wildman–Crippen MR) is 73.1 cm³/mol. The number of benzene rings is 1. The van der Waals surface area contributed by atoms with Gasteiger partial charge in [0.15, 0.2) is 0 Å². The van der Waals surface area contributed by atoms with Crippen molar-refractivity contribution in [2.24, 2.45) is 0 Å². The Morgan fingerprint density at radius 1 is 1.28 bits per heavy atom. The molecular weight excluding hydrogens is 228 g/mol. The monoisotopic (exact) mass is 250 g/mol. The van der Waals surface area contributed by atoms with E-state index in [1.807, 2.05) is 24.3 Å². The third kappa shape index (κ3) is 5.19. The molecule has 0 saturated heterocycles. The normalized spacial score (nSPS) is 10.6. The molecule has 0 saturated carbocycles. The van der Waals surface area contributed by atoms with Crippen LogP contribution in [0.1, 0.15) is 25.3 Å². The molecule has 0 aromatic heterocycles. The van der Waals surface area contributed by atoms with E-state index >= 15 is 0 Å². The minimum atomic E-state index is -0.159. The van der Waals surface area contributed by atoms with Crippen LogP contribution in [0.25, 0.3) is 0 Å². The average Bonchev–Trinajstić information content (AvgIpc) is 2.38. The first-order valence-electron chi connectivity index (χ1n) is 6.29. The summed E-state index contributed by atoms with van der Waals surface area (Å²) in [5.41, 5.74) is 7.64. The van der Waals surface area contributed by atoms with Crippen LogP contribution in [0.15, 0.2) is 24.3 Å². The first-order chi connectivity index (χ1) is 8.65. The number of hydrogen-bond acceptors (Lipinski definition) is 4. The van der Waals surface area contributed by atoms with Gasteiger partial charge in [-0.1, -0.05) is 19.1 Å². The molecule has 0 aliphatic rings. The Kier molecular flexibility index (Phi) is 6.22. The van der Waals surface area contributed by atoms with Gasteiger partial charge in [-0.15, -0.1) is 0 Å². The van der Waals surface area contributed by atoms with Crippen molar-refractivity contribution < 1.29 is 9.53 Å². The van der Waals surface area contributed by atoms with Crippen molar-refractivity contribution >= 4 is 11.7 Å². The Morgan fingerprint density at radius 2 is 1.94 bits per heavy atom. The second kappa shape index (κ2) is 7.71. The highest BCUT2D eigenvalue weighted by molar-refractivity contribution is 5.69. The minimum absolute atomic E-state index is 0.159. The molecule has 0 atom stereocenters. The second-order valence-electron chi connectivity index (χ2n) is 4.34. The first-order valence-corrected chi connectivity index (χ1v) is 6.29. The molecule has 0 bridgehead atoms. The summed E-state index contributed by atoms with van der Waals surface area (Å²) >= 11 is 0. The SMILES string of the molecule is CCCN(CCC(=O)OC)Cc1ccc(N)cc1. The summed E-state index contributed by atoms with van der Waals surface area (Å²) in [5, 5.41) is 0. The lowest BCUT2D eigenvalue weighted by molar-refractivity contribution is -0.141. The van der Waals surface area contributed by atoms with Crippen molar-refractivity contribution in [3.8, 4) is 0 Å². The van der Waals surface area contributed by atoms with E-state index in [0.29, 0.717) is 6.42 Å². The summed E-state index contributed by atoms with van der Waals surface area (Å²) in [6, 6.07) is 7.85. The fourth-order valence-electron chi connectivity index (χ4n) is 1.82. The van der Waals surface area contributed by atoms with E-state index in [1.165, 1.54) is 12.7 Å². The number of esters is 1. The Hall–Kier alpha value is -1.55. The van der Waals surface area contributed by atoms with Crippen LogP contribution in [0.4, 0.5) is 5.69 Å². The molecule has 0 aliphatic heterocycles. The molecule has 1 aromatic rings. The van der Waals surface area contributed by atoms with Gasteiger partial charge in [-0.3, -0.25) is 9.69 Å². The summed E-state index contributed by atoms with van der Waals surface area (Å²) in [7, 11) is 1.42. The number of rotatable bonds is 7. The predicted octanol–water partition coefficient (Wildman–Crippen LogP) is 2.04. The van der Waals surface area contributed by atoms with Gasteiger partial charge < -0.3 is 10.5 Å². The van der Waals surface area contributed by atoms with Crippen molar-refractivity contribution in [1.29, 1.82) is 0 Å². The molecule has 1 rings (SSSR count). The van der Waals surface area contributed by atoms with Crippen LogP contribution in [-0.4, -0.2) is 31.1 Å². The third-order valence-electron chi connectivity index (χ3n) is 2.79. The summed E-state index contributed by atoms with van der Waals surface area (Å²) in [4.78, 5) is 13.4. The minimum Gasteiger partial charge on any atom is -0.469 e. The van der Waals surface area contributed by atoms with E-state index < -0.39 is 0 Å². The maximum atomic E-state index is 11.2. The molecule has 18 heavy (non-hydrogen) atoms. The number of hydrogen-bond donors (Lipinski definition) is 1. The van der Waals surface area contributed by atoms with Crippen molar-refractivity contribution in [1.82, 2.24) is 4.90 Å². The maximum Gasteiger partial charge on any atom is 0.306 e. The number of anilines is 1. The smallest absolute Gasteiger partial charge is 0.306 e. The van der Waals surface area contributed by atoms with E-state index in [9.17, 15) is 4.79 Å². The quantitative estimate of drug-likeness (QED) is 0.594. The highest BCUT2D eigenvalue weighted by Gasteiger charge is 2.08. The second-order valence-corrected chi connectivity index (χ2v) is 4.34. The van der Waals surface area contributed by atoms with Crippen molar-refractivity contribution in [3.63, 3.8) is 0 Å². The molecule has 0 amide bonds. The number of ether oxygens (including phenoxy) is 1. The molecule has 0 aliphatic carbocycles. The topological polar surface area (TPSA) is 55.6 Å². The lowest BCUT2D eigenvalue weighted by atomic mass is 10.2. The van der Waals surface area contributed by atoms with Crippen LogP contribution in [0.5, 0.6) is 0 Å². The van der Waals surface area contributed by atoms with Crippen LogP contribution >= 0.6 is 0 Å². The Balaban J connectivity index is 2.51. The zero-order chi connectivity index (χ0) is 13.4. The van der Waals surface area contributed by atoms with Crippen LogP contribution in [-0.2, 0) is 16.1 Å². The molecule has 0 spiro atoms. The van der Waals surface area contributed by atoms with Crippen LogP contribution in [0.3, 0.4) is 0 Å². The Labute approximate surface area is 109 Å². The molecule has 2 N–H and O–H groups in total. The molecule has 1 aromatic carbocycles. The van der Waals surface area contributed by atoms with E-state index in [2.05, 4.69) is 16.6 Å². The molecule has 0 heterocycles. The van der Waals surface area contributed by atoms with Crippen LogP contribution < -0.4 is 5.73 Å². The fraction of sp³-hybridized carbons (Fsp3) is 0.500. The van der Waals surface area contributed by atoms with Gasteiger partial charge in [-0.05, 0) is 30.7 Å². The number of nitrogens with zero attached hydrogens (tertiary/aromatic N) is 1. The van der Waals surface area contributed by atoms with Crippen LogP contribution in [0.2, 0.25) is 0 Å². The first kappa shape index (κ1) is 14.5. The highest BCUT2D eigenvalue weighted by Crippen LogP contribution is 2.09. The Morgan fingerprint density at radius 3 is 2.50 bits per heavy atom. The summed E-state index contributed by atoms with van der Waals surface area (Å²) in [6.07, 6.45) is 1.50. The summed E-state index contributed by atoms with van der Waals surface area (Å²) in [6.45, 7) is 4.67. The van der Waals surface area contributed by atoms with Gasteiger partial charge in [0.25, 0.3) is 0 Å². The molecule has 4 nitrogen and oxygen atoms in total. The van der Waals surface area contributed by atoms with E-state index in [4.69, 9.17) is 5.73 Å². The number of nitrogens with two attached hydrogens (primary N) is 1. The lowest BCUT2D eigenvalue weighted by Gasteiger charge is -2.21.